The Morgan fingerprint density at radius 2 is 1.90 bits per heavy atom. The van der Waals surface area contributed by atoms with Crippen LogP contribution in [0.5, 0.6) is 5.75 Å². The van der Waals surface area contributed by atoms with Gasteiger partial charge in [-0.2, -0.15) is 0 Å². The average Bonchev–Trinajstić information content (AvgIpc) is 3.30. The molecule has 0 aromatic heterocycles. The highest BCUT2D eigenvalue weighted by Gasteiger charge is 2.32. The molecule has 0 aliphatic heterocycles. The van der Waals surface area contributed by atoms with E-state index in [2.05, 4.69) is 17.4 Å². The molecule has 0 radical (unpaired) electrons. The first-order valence-corrected chi connectivity index (χ1v) is 6.93. The van der Waals surface area contributed by atoms with Crippen LogP contribution in [0, 0.1) is 11.7 Å². The maximum Gasteiger partial charge on any atom is 0.167 e. The Morgan fingerprint density at radius 3 is 2.50 bits per heavy atom. The van der Waals surface area contributed by atoms with Gasteiger partial charge in [0.1, 0.15) is 0 Å². The first kappa shape index (κ1) is 13.0. The van der Waals surface area contributed by atoms with Crippen molar-refractivity contribution in [3.05, 3.63) is 59.9 Å². The molecule has 0 spiro atoms. The standard InChI is InChI=1S/C17H18FNO/c1-20-16-10-9-14(11-15(16)18)19-17(13-7-8-13)12-5-3-2-4-6-12/h2-6,9-11,13,17,19H,7-8H2,1H3. The number of halogens is 1. The summed E-state index contributed by atoms with van der Waals surface area (Å²) in [7, 11) is 1.47. The molecule has 3 rings (SSSR count). The third-order valence-electron chi connectivity index (χ3n) is 3.73. The van der Waals surface area contributed by atoms with E-state index >= 15 is 0 Å². The number of rotatable bonds is 5. The summed E-state index contributed by atoms with van der Waals surface area (Å²) in [5, 5.41) is 3.45. The fraction of sp³-hybridized carbons (Fsp3) is 0.294. The van der Waals surface area contributed by atoms with Gasteiger partial charge < -0.3 is 10.1 Å². The van der Waals surface area contributed by atoms with Crippen molar-refractivity contribution < 1.29 is 9.13 Å². The predicted molar refractivity (Wildman–Crippen MR) is 78.5 cm³/mol. The lowest BCUT2D eigenvalue weighted by Gasteiger charge is -2.20. The second-order valence-corrected chi connectivity index (χ2v) is 5.22. The van der Waals surface area contributed by atoms with Crippen LogP contribution >= 0.6 is 0 Å². The fourth-order valence-electron chi connectivity index (χ4n) is 2.50. The number of benzene rings is 2. The molecule has 0 amide bonds. The van der Waals surface area contributed by atoms with Crippen LogP contribution in [0.3, 0.4) is 0 Å². The minimum absolute atomic E-state index is 0.254. The topological polar surface area (TPSA) is 21.3 Å². The lowest BCUT2D eigenvalue weighted by molar-refractivity contribution is 0.386. The smallest absolute Gasteiger partial charge is 0.167 e. The van der Waals surface area contributed by atoms with Crippen molar-refractivity contribution in [3.63, 3.8) is 0 Å². The largest absolute Gasteiger partial charge is 0.494 e. The highest BCUT2D eigenvalue weighted by Crippen LogP contribution is 2.43. The van der Waals surface area contributed by atoms with Crippen molar-refractivity contribution in [2.24, 2.45) is 5.92 Å². The van der Waals surface area contributed by atoms with E-state index in [0.29, 0.717) is 5.92 Å². The summed E-state index contributed by atoms with van der Waals surface area (Å²) in [6.45, 7) is 0. The van der Waals surface area contributed by atoms with Crippen molar-refractivity contribution in [3.8, 4) is 5.75 Å². The Hall–Kier alpha value is -2.03. The van der Waals surface area contributed by atoms with Gasteiger partial charge in [-0.3, -0.25) is 0 Å². The normalized spacial score (nSPS) is 15.7. The van der Waals surface area contributed by atoms with E-state index in [1.54, 1.807) is 6.07 Å². The second kappa shape index (κ2) is 5.53. The third-order valence-corrected chi connectivity index (χ3v) is 3.73. The van der Waals surface area contributed by atoms with E-state index in [1.165, 1.54) is 31.6 Å². The number of ether oxygens (including phenoxy) is 1. The number of hydrogen-bond donors (Lipinski definition) is 1. The van der Waals surface area contributed by atoms with Crippen LogP contribution in [-0.4, -0.2) is 7.11 Å². The summed E-state index contributed by atoms with van der Waals surface area (Å²) in [6.07, 6.45) is 2.45. The molecule has 3 heteroatoms. The van der Waals surface area contributed by atoms with Gasteiger partial charge in [-0.25, -0.2) is 4.39 Å². The third kappa shape index (κ3) is 2.77. The number of methoxy groups -OCH3 is 1. The van der Waals surface area contributed by atoms with Crippen molar-refractivity contribution >= 4 is 5.69 Å². The predicted octanol–water partition coefficient (Wildman–Crippen LogP) is 4.40. The molecule has 1 saturated carbocycles. The maximum absolute atomic E-state index is 13.8. The molecule has 2 nitrogen and oxygen atoms in total. The van der Waals surface area contributed by atoms with Gasteiger partial charge in [0.2, 0.25) is 0 Å². The lowest BCUT2D eigenvalue weighted by Crippen LogP contribution is -2.13. The van der Waals surface area contributed by atoms with Crippen LogP contribution in [0.1, 0.15) is 24.4 Å². The van der Waals surface area contributed by atoms with Crippen LogP contribution in [0.15, 0.2) is 48.5 Å². The van der Waals surface area contributed by atoms with E-state index < -0.39 is 0 Å². The SMILES string of the molecule is COc1ccc(NC(c2ccccc2)C2CC2)cc1F. The zero-order valence-corrected chi connectivity index (χ0v) is 11.5. The summed E-state index contributed by atoms with van der Waals surface area (Å²) in [5.41, 5.74) is 2.05. The quantitative estimate of drug-likeness (QED) is 0.870. The summed E-state index contributed by atoms with van der Waals surface area (Å²) in [4.78, 5) is 0. The van der Waals surface area contributed by atoms with Gasteiger partial charge in [-0.15, -0.1) is 0 Å². The Bertz CT molecular complexity index is 581. The van der Waals surface area contributed by atoms with Gasteiger partial charge in [0, 0.05) is 11.8 Å². The molecule has 20 heavy (non-hydrogen) atoms. The molecular weight excluding hydrogens is 253 g/mol. The Labute approximate surface area is 118 Å². The number of nitrogens with one attached hydrogen (secondary N) is 1. The summed E-state index contributed by atoms with van der Waals surface area (Å²) in [5.74, 6) is 0.584. The number of anilines is 1. The molecule has 104 valence electrons. The van der Waals surface area contributed by atoms with E-state index in [1.807, 2.05) is 24.3 Å². The molecule has 0 saturated heterocycles. The molecule has 1 aliphatic carbocycles. The van der Waals surface area contributed by atoms with Crippen LogP contribution < -0.4 is 10.1 Å². The molecular formula is C17H18FNO. The Kier molecular flexibility index (Phi) is 3.59. The molecule has 1 aliphatic rings. The van der Waals surface area contributed by atoms with Crippen molar-refractivity contribution in [1.29, 1.82) is 0 Å². The van der Waals surface area contributed by atoms with Gasteiger partial charge in [0.05, 0.1) is 13.2 Å². The van der Waals surface area contributed by atoms with Crippen LogP contribution in [0.4, 0.5) is 10.1 Å². The van der Waals surface area contributed by atoms with Crippen LogP contribution in [0.2, 0.25) is 0 Å². The van der Waals surface area contributed by atoms with E-state index in [0.717, 1.165) is 5.69 Å². The van der Waals surface area contributed by atoms with Gasteiger partial charge >= 0.3 is 0 Å². The molecule has 0 heterocycles. The summed E-state index contributed by atoms with van der Waals surface area (Å²) < 4.78 is 18.7. The molecule has 1 atom stereocenters. The minimum Gasteiger partial charge on any atom is -0.494 e. The molecule has 1 N–H and O–H groups in total. The molecule has 0 bridgehead atoms. The number of hydrogen-bond acceptors (Lipinski definition) is 2. The van der Waals surface area contributed by atoms with E-state index in [9.17, 15) is 4.39 Å². The second-order valence-electron chi connectivity index (χ2n) is 5.22. The van der Waals surface area contributed by atoms with Crippen LogP contribution in [-0.2, 0) is 0 Å². The Morgan fingerprint density at radius 1 is 1.15 bits per heavy atom. The van der Waals surface area contributed by atoms with Crippen LogP contribution in [0.25, 0.3) is 0 Å². The summed E-state index contributed by atoms with van der Waals surface area (Å²) >= 11 is 0. The molecule has 2 aromatic carbocycles. The molecule has 2 aromatic rings. The first-order valence-electron chi connectivity index (χ1n) is 6.93. The average molecular weight is 271 g/mol. The van der Waals surface area contributed by atoms with Crippen molar-refractivity contribution in [1.82, 2.24) is 0 Å². The highest BCUT2D eigenvalue weighted by molar-refractivity contribution is 5.49. The summed E-state index contributed by atoms with van der Waals surface area (Å²) in [6, 6.07) is 15.6. The zero-order chi connectivity index (χ0) is 13.9. The molecule has 1 fully saturated rings. The Balaban J connectivity index is 1.82. The lowest BCUT2D eigenvalue weighted by atomic mass is 10.0. The monoisotopic (exact) mass is 271 g/mol. The highest BCUT2D eigenvalue weighted by atomic mass is 19.1. The van der Waals surface area contributed by atoms with Gasteiger partial charge in [-0.1, -0.05) is 30.3 Å². The maximum atomic E-state index is 13.8. The minimum atomic E-state index is -0.333. The van der Waals surface area contributed by atoms with E-state index in [4.69, 9.17) is 4.74 Å². The van der Waals surface area contributed by atoms with Crippen molar-refractivity contribution in [2.75, 3.05) is 12.4 Å². The van der Waals surface area contributed by atoms with Gasteiger partial charge in [-0.05, 0) is 36.5 Å². The van der Waals surface area contributed by atoms with Crippen molar-refractivity contribution in [2.45, 2.75) is 18.9 Å². The first-order chi connectivity index (χ1) is 9.78. The van der Waals surface area contributed by atoms with E-state index in [-0.39, 0.29) is 17.6 Å². The fourth-order valence-corrected chi connectivity index (χ4v) is 2.50. The van der Waals surface area contributed by atoms with Gasteiger partial charge in [0.25, 0.3) is 0 Å². The zero-order valence-electron chi connectivity index (χ0n) is 11.5. The van der Waals surface area contributed by atoms with Gasteiger partial charge in [0.15, 0.2) is 11.6 Å². The molecule has 1 unspecified atom stereocenters.